The third-order valence-corrected chi connectivity index (χ3v) is 4.54. The zero-order valence-corrected chi connectivity index (χ0v) is 13.7. The smallest absolute Gasteiger partial charge is 0.267 e. The highest BCUT2D eigenvalue weighted by Crippen LogP contribution is 2.36. The zero-order valence-electron chi connectivity index (χ0n) is 12.9. The summed E-state index contributed by atoms with van der Waals surface area (Å²) in [6.45, 7) is 2.35. The van der Waals surface area contributed by atoms with Crippen molar-refractivity contribution in [1.82, 2.24) is 4.98 Å². The number of hydrogen-bond acceptors (Lipinski definition) is 5. The maximum absolute atomic E-state index is 12.5. The Balaban J connectivity index is 2.03. The number of methoxy groups -OCH3 is 1. The van der Waals surface area contributed by atoms with Gasteiger partial charge in [-0.25, -0.2) is 4.98 Å². The van der Waals surface area contributed by atoms with Gasteiger partial charge in [0.05, 0.1) is 12.3 Å². The van der Waals surface area contributed by atoms with Gasteiger partial charge in [0.2, 0.25) is 0 Å². The van der Waals surface area contributed by atoms with Crippen LogP contribution >= 0.6 is 11.3 Å². The summed E-state index contributed by atoms with van der Waals surface area (Å²) in [6.07, 6.45) is 0. The summed E-state index contributed by atoms with van der Waals surface area (Å²) in [5, 5.41) is 3.66. The minimum atomic E-state index is -0.224. The summed E-state index contributed by atoms with van der Waals surface area (Å²) in [4.78, 5) is 18.2. The molecular formula is C17H17N3O2S. The number of anilines is 2. The fourth-order valence-corrected chi connectivity index (χ4v) is 3.57. The number of nitrogens with two attached hydrogens (primary N) is 1. The molecular weight excluding hydrogens is 310 g/mol. The lowest BCUT2D eigenvalue weighted by Crippen LogP contribution is -2.11. The number of pyridine rings is 1. The highest BCUT2D eigenvalue weighted by Gasteiger charge is 2.20. The second-order valence-corrected chi connectivity index (χ2v) is 6.20. The van der Waals surface area contributed by atoms with Crippen molar-refractivity contribution in [3.8, 4) is 0 Å². The number of carbonyl (C=O) groups is 1. The average Bonchev–Trinajstić information content (AvgIpc) is 2.85. The Bertz CT molecular complexity index is 859. The van der Waals surface area contributed by atoms with E-state index in [1.54, 1.807) is 7.11 Å². The van der Waals surface area contributed by atoms with Gasteiger partial charge in [0.25, 0.3) is 5.91 Å². The van der Waals surface area contributed by atoms with E-state index in [1.807, 2.05) is 43.3 Å². The first-order valence-corrected chi connectivity index (χ1v) is 7.95. The Hall–Kier alpha value is -2.44. The fourth-order valence-electron chi connectivity index (χ4n) is 2.48. The first-order valence-electron chi connectivity index (χ1n) is 7.14. The van der Waals surface area contributed by atoms with Crippen LogP contribution in [0.25, 0.3) is 10.2 Å². The molecule has 0 spiro atoms. The number of ether oxygens (including phenoxy) is 1. The van der Waals surface area contributed by atoms with E-state index in [2.05, 4.69) is 10.3 Å². The molecule has 1 aromatic carbocycles. The van der Waals surface area contributed by atoms with Crippen LogP contribution in [-0.2, 0) is 11.3 Å². The predicted octanol–water partition coefficient (Wildman–Crippen LogP) is 3.59. The molecule has 5 nitrogen and oxygen atoms in total. The molecule has 0 saturated heterocycles. The second kappa shape index (κ2) is 6.36. The largest absolute Gasteiger partial charge is 0.397 e. The molecule has 0 bridgehead atoms. The van der Waals surface area contributed by atoms with E-state index >= 15 is 0 Å². The van der Waals surface area contributed by atoms with Crippen LogP contribution in [0.5, 0.6) is 0 Å². The summed E-state index contributed by atoms with van der Waals surface area (Å²) < 4.78 is 5.23. The number of para-hydroxylation sites is 1. The van der Waals surface area contributed by atoms with E-state index in [4.69, 9.17) is 10.5 Å². The maximum Gasteiger partial charge on any atom is 0.267 e. The molecule has 23 heavy (non-hydrogen) atoms. The van der Waals surface area contributed by atoms with Crippen LogP contribution in [0.4, 0.5) is 11.4 Å². The van der Waals surface area contributed by atoms with Crippen molar-refractivity contribution in [3.63, 3.8) is 0 Å². The molecule has 118 valence electrons. The molecule has 0 unspecified atom stereocenters. The first kappa shape index (κ1) is 15.5. The van der Waals surface area contributed by atoms with E-state index in [9.17, 15) is 4.79 Å². The Morgan fingerprint density at radius 2 is 2.09 bits per heavy atom. The number of nitrogens with one attached hydrogen (secondary N) is 1. The SMILES string of the molecule is COCc1cc(C)nc2sc(C(=O)Nc3ccccc3)c(N)c12. The highest BCUT2D eigenvalue weighted by atomic mass is 32.1. The van der Waals surface area contributed by atoms with Crippen LogP contribution < -0.4 is 11.1 Å². The topological polar surface area (TPSA) is 77.2 Å². The van der Waals surface area contributed by atoms with Gasteiger partial charge in [0, 0.05) is 23.9 Å². The number of nitrogen functional groups attached to an aromatic ring is 1. The molecule has 0 aliphatic heterocycles. The molecule has 0 fully saturated rings. The number of benzene rings is 1. The summed E-state index contributed by atoms with van der Waals surface area (Å²) >= 11 is 1.30. The van der Waals surface area contributed by atoms with Gasteiger partial charge in [-0.1, -0.05) is 18.2 Å². The Morgan fingerprint density at radius 1 is 1.35 bits per heavy atom. The Kier molecular flexibility index (Phi) is 4.27. The van der Waals surface area contributed by atoms with Crippen LogP contribution in [0.3, 0.4) is 0 Å². The monoisotopic (exact) mass is 327 g/mol. The Morgan fingerprint density at radius 3 is 2.78 bits per heavy atom. The minimum absolute atomic E-state index is 0.224. The molecule has 0 aliphatic rings. The van der Waals surface area contributed by atoms with Gasteiger partial charge in [0.1, 0.15) is 9.71 Å². The number of thiophene rings is 1. The van der Waals surface area contributed by atoms with Crippen LogP contribution in [0.2, 0.25) is 0 Å². The average molecular weight is 327 g/mol. The number of aryl methyl sites for hydroxylation is 1. The molecule has 0 atom stereocenters. The lowest BCUT2D eigenvalue weighted by atomic mass is 10.1. The molecule has 3 aromatic rings. The molecule has 0 radical (unpaired) electrons. The molecule has 3 N–H and O–H groups in total. The zero-order chi connectivity index (χ0) is 16.4. The molecule has 1 amide bonds. The van der Waals surface area contributed by atoms with E-state index < -0.39 is 0 Å². The molecule has 6 heteroatoms. The van der Waals surface area contributed by atoms with Crippen molar-refractivity contribution < 1.29 is 9.53 Å². The standard InChI is InChI=1S/C17H17N3O2S/c1-10-8-11(9-22-2)13-14(18)15(23-17(13)19-10)16(21)20-12-6-4-3-5-7-12/h3-8H,9,18H2,1-2H3,(H,20,21). The quantitative estimate of drug-likeness (QED) is 0.768. The number of nitrogens with zero attached hydrogens (tertiary/aromatic N) is 1. The minimum Gasteiger partial charge on any atom is -0.397 e. The lowest BCUT2D eigenvalue weighted by Gasteiger charge is -2.05. The summed E-state index contributed by atoms with van der Waals surface area (Å²) in [5.41, 5.74) is 9.24. The van der Waals surface area contributed by atoms with Crippen molar-refractivity contribution in [1.29, 1.82) is 0 Å². The van der Waals surface area contributed by atoms with Gasteiger partial charge in [-0.2, -0.15) is 0 Å². The van der Waals surface area contributed by atoms with Gasteiger partial charge < -0.3 is 15.8 Å². The summed E-state index contributed by atoms with van der Waals surface area (Å²) in [5.74, 6) is -0.224. The van der Waals surface area contributed by atoms with Crippen LogP contribution in [0.15, 0.2) is 36.4 Å². The van der Waals surface area contributed by atoms with Crippen molar-refractivity contribution in [2.45, 2.75) is 13.5 Å². The number of hydrogen-bond donors (Lipinski definition) is 2. The summed E-state index contributed by atoms with van der Waals surface area (Å²) in [7, 11) is 1.63. The van der Waals surface area contributed by atoms with E-state index in [0.29, 0.717) is 17.2 Å². The number of carbonyl (C=O) groups excluding carboxylic acids is 1. The van der Waals surface area contributed by atoms with Crippen molar-refractivity contribution >= 4 is 38.8 Å². The number of amides is 1. The maximum atomic E-state index is 12.5. The first-order chi connectivity index (χ1) is 11.1. The van der Waals surface area contributed by atoms with Gasteiger partial charge in [-0.3, -0.25) is 4.79 Å². The van der Waals surface area contributed by atoms with Crippen molar-refractivity contribution in [2.75, 3.05) is 18.2 Å². The third kappa shape index (κ3) is 3.04. The van der Waals surface area contributed by atoms with Gasteiger partial charge in [-0.15, -0.1) is 11.3 Å². The van der Waals surface area contributed by atoms with Crippen LogP contribution in [0, 0.1) is 6.92 Å². The van der Waals surface area contributed by atoms with E-state index in [-0.39, 0.29) is 5.91 Å². The van der Waals surface area contributed by atoms with Gasteiger partial charge >= 0.3 is 0 Å². The van der Waals surface area contributed by atoms with Crippen molar-refractivity contribution in [2.24, 2.45) is 0 Å². The predicted molar refractivity (Wildman–Crippen MR) is 93.9 cm³/mol. The number of fused-ring (bicyclic) bond motifs is 1. The van der Waals surface area contributed by atoms with Gasteiger partial charge in [0.15, 0.2) is 0 Å². The molecule has 3 rings (SSSR count). The van der Waals surface area contributed by atoms with E-state index in [0.717, 1.165) is 27.2 Å². The van der Waals surface area contributed by atoms with Crippen LogP contribution in [0.1, 0.15) is 20.9 Å². The Labute approximate surface area is 138 Å². The number of rotatable bonds is 4. The third-order valence-electron chi connectivity index (χ3n) is 3.45. The fraction of sp³-hybridized carbons (Fsp3) is 0.176. The second-order valence-electron chi connectivity index (χ2n) is 5.20. The molecule has 0 aliphatic carbocycles. The van der Waals surface area contributed by atoms with Crippen molar-refractivity contribution in [3.05, 3.63) is 52.5 Å². The van der Waals surface area contributed by atoms with E-state index in [1.165, 1.54) is 11.3 Å². The van der Waals surface area contributed by atoms with Crippen LogP contribution in [-0.4, -0.2) is 18.0 Å². The van der Waals surface area contributed by atoms with Gasteiger partial charge in [-0.05, 0) is 30.7 Å². The molecule has 0 saturated carbocycles. The normalized spacial score (nSPS) is 10.9. The summed E-state index contributed by atoms with van der Waals surface area (Å²) in [6, 6.07) is 11.2. The lowest BCUT2D eigenvalue weighted by molar-refractivity contribution is 0.103. The molecule has 2 heterocycles. The molecule has 2 aromatic heterocycles. The highest BCUT2D eigenvalue weighted by molar-refractivity contribution is 7.21. The number of aromatic nitrogens is 1.